The van der Waals surface area contributed by atoms with Crippen molar-refractivity contribution in [1.29, 1.82) is 0 Å². The van der Waals surface area contributed by atoms with Gasteiger partial charge in [0.15, 0.2) is 0 Å². The highest BCUT2D eigenvalue weighted by Gasteiger charge is 2.12. The van der Waals surface area contributed by atoms with Crippen LogP contribution in [0.2, 0.25) is 0 Å². The third kappa shape index (κ3) is 3.23. The number of aromatic carboxylic acids is 1. The van der Waals surface area contributed by atoms with Gasteiger partial charge < -0.3 is 15.7 Å². The average molecular weight is 272 g/mol. The molecule has 2 aromatic rings. The summed E-state index contributed by atoms with van der Waals surface area (Å²) in [5.41, 5.74) is 6.80. The van der Waals surface area contributed by atoms with Crippen molar-refractivity contribution in [3.63, 3.8) is 0 Å². The van der Waals surface area contributed by atoms with Crippen molar-refractivity contribution in [2.75, 3.05) is 24.2 Å². The average Bonchev–Trinajstić information content (AvgIpc) is 2.46. The lowest BCUT2D eigenvalue weighted by Gasteiger charge is -2.18. The minimum atomic E-state index is -1.05. The van der Waals surface area contributed by atoms with Crippen molar-refractivity contribution >= 4 is 17.5 Å². The van der Waals surface area contributed by atoms with E-state index in [-0.39, 0.29) is 11.3 Å². The van der Waals surface area contributed by atoms with E-state index in [1.165, 1.54) is 12.3 Å². The Hall–Kier alpha value is -2.63. The van der Waals surface area contributed by atoms with E-state index in [0.29, 0.717) is 12.4 Å². The lowest BCUT2D eigenvalue weighted by molar-refractivity contribution is 0.0698. The number of hydrogen-bond acceptors (Lipinski definition) is 5. The van der Waals surface area contributed by atoms with Crippen molar-refractivity contribution in [2.24, 2.45) is 0 Å². The topological polar surface area (TPSA) is 92.3 Å². The molecule has 0 bridgehead atoms. The summed E-state index contributed by atoms with van der Waals surface area (Å²) >= 11 is 0. The maximum absolute atomic E-state index is 11.0. The number of carbonyl (C=O) groups is 1. The summed E-state index contributed by atoms with van der Waals surface area (Å²) in [6.07, 6.45) is 3.88. The molecule has 3 N–H and O–H groups in total. The van der Waals surface area contributed by atoms with Crippen molar-refractivity contribution in [3.05, 3.63) is 47.9 Å². The summed E-state index contributed by atoms with van der Waals surface area (Å²) in [7, 11) is 1.85. The molecular weight excluding hydrogens is 256 g/mol. The number of aromatic nitrogens is 2. The molecule has 2 aromatic heterocycles. The predicted octanol–water partition coefficient (Wildman–Crippen LogP) is 1.44. The number of hydrogen-bond donors (Lipinski definition) is 2. The second kappa shape index (κ2) is 6.01. The zero-order valence-electron chi connectivity index (χ0n) is 11.2. The number of anilines is 2. The summed E-state index contributed by atoms with van der Waals surface area (Å²) in [6, 6.07) is 7.24. The first-order valence-electron chi connectivity index (χ1n) is 6.18. The van der Waals surface area contributed by atoms with Crippen LogP contribution in [0.25, 0.3) is 0 Å². The fourth-order valence-corrected chi connectivity index (χ4v) is 1.79. The number of carboxylic acid groups (broad SMARTS) is 1. The molecule has 0 aliphatic carbocycles. The van der Waals surface area contributed by atoms with Gasteiger partial charge in [-0.05, 0) is 18.2 Å². The summed E-state index contributed by atoms with van der Waals surface area (Å²) in [6.45, 7) is 0.687. The van der Waals surface area contributed by atoms with Crippen LogP contribution in [0.1, 0.15) is 16.1 Å². The highest BCUT2D eigenvalue weighted by molar-refractivity contribution is 5.94. The molecule has 0 unspecified atom stereocenters. The maximum Gasteiger partial charge on any atom is 0.337 e. The van der Waals surface area contributed by atoms with Gasteiger partial charge in [0.1, 0.15) is 5.82 Å². The highest BCUT2D eigenvalue weighted by atomic mass is 16.4. The number of nitrogens with zero attached hydrogens (tertiary/aromatic N) is 3. The number of nitrogens with two attached hydrogens (primary N) is 1. The van der Waals surface area contributed by atoms with Gasteiger partial charge in [-0.1, -0.05) is 6.07 Å². The molecule has 0 saturated heterocycles. The first kappa shape index (κ1) is 13.8. The number of carboxylic acids is 1. The summed E-state index contributed by atoms with van der Waals surface area (Å²) in [5.74, 6) is -0.475. The lowest BCUT2D eigenvalue weighted by atomic mass is 10.2. The highest BCUT2D eigenvalue weighted by Crippen LogP contribution is 2.17. The van der Waals surface area contributed by atoms with Crippen LogP contribution < -0.4 is 10.6 Å². The normalized spacial score (nSPS) is 10.2. The van der Waals surface area contributed by atoms with Gasteiger partial charge in [0.2, 0.25) is 0 Å². The molecule has 0 spiro atoms. The van der Waals surface area contributed by atoms with Crippen molar-refractivity contribution in [1.82, 2.24) is 9.97 Å². The van der Waals surface area contributed by atoms with E-state index in [9.17, 15) is 4.79 Å². The quantitative estimate of drug-likeness (QED) is 0.855. The van der Waals surface area contributed by atoms with Crippen LogP contribution in [0.4, 0.5) is 11.5 Å². The third-order valence-corrected chi connectivity index (χ3v) is 2.97. The van der Waals surface area contributed by atoms with Crippen LogP contribution >= 0.6 is 0 Å². The molecular formula is C14H16N4O2. The van der Waals surface area contributed by atoms with E-state index >= 15 is 0 Å². The first-order chi connectivity index (χ1) is 9.58. The lowest BCUT2D eigenvalue weighted by Crippen LogP contribution is -2.22. The molecule has 104 valence electrons. The molecule has 0 aliphatic heterocycles. The fraction of sp³-hybridized carbons (Fsp3) is 0.214. The van der Waals surface area contributed by atoms with Crippen molar-refractivity contribution in [3.8, 4) is 0 Å². The minimum Gasteiger partial charge on any atom is -0.478 e. The Balaban J connectivity index is 2.07. The van der Waals surface area contributed by atoms with Gasteiger partial charge in [0, 0.05) is 31.9 Å². The summed E-state index contributed by atoms with van der Waals surface area (Å²) < 4.78 is 0. The van der Waals surface area contributed by atoms with Crippen LogP contribution in [0.15, 0.2) is 36.7 Å². The van der Waals surface area contributed by atoms with Gasteiger partial charge in [-0.3, -0.25) is 4.98 Å². The zero-order chi connectivity index (χ0) is 14.5. The van der Waals surface area contributed by atoms with Crippen LogP contribution in [-0.4, -0.2) is 34.6 Å². The smallest absolute Gasteiger partial charge is 0.337 e. The number of pyridine rings is 2. The van der Waals surface area contributed by atoms with Crippen molar-refractivity contribution < 1.29 is 9.90 Å². The third-order valence-electron chi connectivity index (χ3n) is 2.97. The molecule has 0 aliphatic rings. The molecule has 20 heavy (non-hydrogen) atoms. The molecule has 6 heteroatoms. The molecule has 6 nitrogen and oxygen atoms in total. The van der Waals surface area contributed by atoms with E-state index in [0.717, 1.165) is 12.1 Å². The van der Waals surface area contributed by atoms with Gasteiger partial charge in [-0.15, -0.1) is 0 Å². The van der Waals surface area contributed by atoms with Gasteiger partial charge in [-0.2, -0.15) is 0 Å². The van der Waals surface area contributed by atoms with E-state index in [1.807, 2.05) is 30.1 Å². The molecule has 0 fully saturated rings. The summed E-state index contributed by atoms with van der Waals surface area (Å²) in [5, 5.41) is 9.04. The van der Waals surface area contributed by atoms with Crippen LogP contribution in [-0.2, 0) is 6.42 Å². The predicted molar refractivity (Wildman–Crippen MR) is 76.8 cm³/mol. The Morgan fingerprint density at radius 2 is 2.20 bits per heavy atom. The van der Waals surface area contributed by atoms with Gasteiger partial charge in [0.05, 0.1) is 17.4 Å². The molecule has 0 aromatic carbocycles. The van der Waals surface area contributed by atoms with Gasteiger partial charge in [0.25, 0.3) is 0 Å². The number of nitrogen functional groups attached to an aromatic ring is 1. The molecule has 2 rings (SSSR count). The maximum atomic E-state index is 11.0. The van der Waals surface area contributed by atoms with E-state index in [1.54, 1.807) is 6.20 Å². The Morgan fingerprint density at radius 1 is 1.40 bits per heavy atom. The molecule has 0 atom stereocenters. The van der Waals surface area contributed by atoms with Crippen molar-refractivity contribution in [2.45, 2.75) is 6.42 Å². The zero-order valence-corrected chi connectivity index (χ0v) is 11.2. The fourth-order valence-electron chi connectivity index (χ4n) is 1.79. The number of rotatable bonds is 5. The van der Waals surface area contributed by atoms with Crippen LogP contribution in [0.5, 0.6) is 0 Å². The SMILES string of the molecule is CN(CCc1ccccn1)c1cc(C(=O)O)c(N)cn1. The molecule has 2 heterocycles. The van der Waals surface area contributed by atoms with E-state index < -0.39 is 5.97 Å². The summed E-state index contributed by atoms with van der Waals surface area (Å²) in [4.78, 5) is 21.3. The number of likely N-dealkylation sites (N-methyl/N-ethyl adjacent to an activating group) is 1. The van der Waals surface area contributed by atoms with Crippen LogP contribution in [0.3, 0.4) is 0 Å². The minimum absolute atomic E-state index is 0.0692. The molecule has 0 saturated carbocycles. The first-order valence-corrected chi connectivity index (χ1v) is 6.18. The Labute approximate surface area is 116 Å². The molecule has 0 amide bonds. The van der Waals surface area contributed by atoms with E-state index in [4.69, 9.17) is 10.8 Å². The van der Waals surface area contributed by atoms with Gasteiger partial charge >= 0.3 is 5.97 Å². The monoisotopic (exact) mass is 272 g/mol. The Kier molecular flexibility index (Phi) is 4.14. The Bertz CT molecular complexity index is 601. The van der Waals surface area contributed by atoms with Crippen LogP contribution in [0, 0.1) is 0 Å². The Morgan fingerprint density at radius 3 is 2.85 bits per heavy atom. The second-order valence-corrected chi connectivity index (χ2v) is 4.43. The standard InChI is InChI=1S/C14H16N4O2/c1-18(7-5-10-4-2-3-6-16-10)13-8-11(14(19)20)12(15)9-17-13/h2-4,6,8-9H,5,7,15H2,1H3,(H,19,20). The molecule has 0 radical (unpaired) electrons. The van der Waals surface area contributed by atoms with Gasteiger partial charge in [-0.25, -0.2) is 9.78 Å². The van der Waals surface area contributed by atoms with E-state index in [2.05, 4.69) is 9.97 Å². The largest absolute Gasteiger partial charge is 0.478 e. The second-order valence-electron chi connectivity index (χ2n) is 4.43.